The molecule has 2 rings (SSSR count). The normalized spacial score (nSPS) is 17.1. The topological polar surface area (TPSA) is 41.2 Å². The first-order valence-corrected chi connectivity index (χ1v) is 6.11. The van der Waals surface area contributed by atoms with Crippen LogP contribution >= 0.6 is 0 Å². The van der Waals surface area contributed by atoms with E-state index in [1.165, 1.54) is 23.4 Å². The molecule has 1 aromatic heterocycles. The molecule has 0 bridgehead atoms. The third-order valence-electron chi connectivity index (χ3n) is 3.27. The minimum atomic E-state index is 0.814. The van der Waals surface area contributed by atoms with E-state index in [4.69, 9.17) is 4.74 Å². The second-order valence-electron chi connectivity index (χ2n) is 4.35. The molecule has 90 valence electrons. The third kappa shape index (κ3) is 2.44. The zero-order valence-electron chi connectivity index (χ0n) is 10.3. The molecule has 2 heterocycles. The highest BCUT2D eigenvalue weighted by atomic mass is 16.5. The molecule has 0 atom stereocenters. The molecule has 4 heteroatoms. The first-order chi connectivity index (χ1) is 7.85. The van der Waals surface area contributed by atoms with Gasteiger partial charge in [0.1, 0.15) is 0 Å². The van der Waals surface area contributed by atoms with Gasteiger partial charge in [-0.1, -0.05) is 6.92 Å². The maximum atomic E-state index is 5.15. The summed E-state index contributed by atoms with van der Waals surface area (Å²) >= 11 is 0. The van der Waals surface area contributed by atoms with Gasteiger partial charge in [-0.25, -0.2) is 0 Å². The number of aromatic nitrogens is 2. The van der Waals surface area contributed by atoms with Gasteiger partial charge in [-0.05, 0) is 25.8 Å². The van der Waals surface area contributed by atoms with Crippen LogP contribution in [0, 0.1) is 0 Å². The number of fused-ring (bicyclic) bond motifs is 1. The lowest BCUT2D eigenvalue weighted by Gasteiger charge is -2.19. The number of hydrogen-bond donors (Lipinski definition) is 1. The summed E-state index contributed by atoms with van der Waals surface area (Å²) in [4.78, 5) is 2.46. The van der Waals surface area contributed by atoms with Crippen molar-refractivity contribution in [3.8, 4) is 0 Å². The Bertz CT molecular complexity index is 335. The molecule has 1 aromatic rings. The van der Waals surface area contributed by atoms with Crippen molar-refractivity contribution in [1.82, 2.24) is 15.1 Å². The van der Waals surface area contributed by atoms with Crippen LogP contribution in [0.2, 0.25) is 0 Å². The van der Waals surface area contributed by atoms with E-state index in [0.717, 1.165) is 39.1 Å². The highest BCUT2D eigenvalue weighted by molar-refractivity contribution is 5.26. The molecule has 1 N–H and O–H groups in total. The Labute approximate surface area is 97.0 Å². The summed E-state index contributed by atoms with van der Waals surface area (Å²) in [5.74, 6) is 0. The van der Waals surface area contributed by atoms with Crippen LogP contribution in [0.4, 0.5) is 0 Å². The molecule has 0 aromatic carbocycles. The number of aryl methyl sites for hydroxylation is 2. The molecule has 0 amide bonds. The number of methoxy groups -OCH3 is 1. The van der Waals surface area contributed by atoms with Gasteiger partial charge in [0, 0.05) is 31.5 Å². The third-order valence-corrected chi connectivity index (χ3v) is 3.27. The molecular weight excluding hydrogens is 202 g/mol. The lowest BCUT2D eigenvalue weighted by atomic mass is 10.1. The highest BCUT2D eigenvalue weighted by Gasteiger charge is 2.18. The molecule has 0 fully saturated rings. The van der Waals surface area contributed by atoms with E-state index in [0.29, 0.717) is 0 Å². The molecular formula is C12H21N3O. The van der Waals surface area contributed by atoms with Crippen molar-refractivity contribution in [2.24, 2.45) is 0 Å². The molecule has 0 aliphatic carbocycles. The summed E-state index contributed by atoms with van der Waals surface area (Å²) in [6, 6.07) is 0. The predicted molar refractivity (Wildman–Crippen MR) is 63.4 cm³/mol. The average molecular weight is 223 g/mol. The number of nitrogens with zero attached hydrogens (tertiary/aromatic N) is 2. The Balaban J connectivity index is 2.08. The van der Waals surface area contributed by atoms with Crippen LogP contribution in [-0.2, 0) is 24.1 Å². The number of nitrogens with one attached hydrogen (secondary N) is 1. The monoisotopic (exact) mass is 223 g/mol. The van der Waals surface area contributed by atoms with Crippen molar-refractivity contribution < 1.29 is 4.74 Å². The molecule has 0 unspecified atom stereocenters. The number of aromatic amines is 1. The van der Waals surface area contributed by atoms with Crippen LogP contribution in [-0.4, -0.2) is 41.9 Å². The van der Waals surface area contributed by atoms with Crippen molar-refractivity contribution >= 4 is 0 Å². The second kappa shape index (κ2) is 5.46. The summed E-state index contributed by atoms with van der Waals surface area (Å²) < 4.78 is 5.15. The fourth-order valence-electron chi connectivity index (χ4n) is 2.32. The van der Waals surface area contributed by atoms with Gasteiger partial charge in [0.05, 0.1) is 12.3 Å². The summed E-state index contributed by atoms with van der Waals surface area (Å²) in [6.07, 6.45) is 3.36. The zero-order chi connectivity index (χ0) is 11.4. The first-order valence-electron chi connectivity index (χ1n) is 6.11. The Morgan fingerprint density at radius 1 is 1.50 bits per heavy atom. The van der Waals surface area contributed by atoms with Gasteiger partial charge in [-0.15, -0.1) is 0 Å². The maximum absolute atomic E-state index is 5.15. The van der Waals surface area contributed by atoms with E-state index < -0.39 is 0 Å². The Morgan fingerprint density at radius 3 is 3.12 bits per heavy atom. The molecule has 0 radical (unpaired) electrons. The van der Waals surface area contributed by atoms with E-state index in [1.54, 1.807) is 7.11 Å². The minimum Gasteiger partial charge on any atom is -0.383 e. The van der Waals surface area contributed by atoms with Gasteiger partial charge in [-0.3, -0.25) is 10.00 Å². The number of rotatable bonds is 4. The van der Waals surface area contributed by atoms with Crippen molar-refractivity contribution in [3.63, 3.8) is 0 Å². The summed E-state index contributed by atoms with van der Waals surface area (Å²) in [6.45, 7) is 6.19. The second-order valence-corrected chi connectivity index (χ2v) is 4.35. The molecule has 4 nitrogen and oxygen atoms in total. The van der Waals surface area contributed by atoms with Crippen molar-refractivity contribution in [2.45, 2.75) is 32.7 Å². The van der Waals surface area contributed by atoms with E-state index in [1.807, 2.05) is 0 Å². The Kier molecular flexibility index (Phi) is 3.96. The standard InChI is InChI=1S/C12H21N3O/c1-3-11-10-9-15(7-8-16-2)6-4-5-12(10)14-13-11/h3-9H2,1-2H3,(H,13,14). The van der Waals surface area contributed by atoms with Gasteiger partial charge in [-0.2, -0.15) is 5.10 Å². The fraction of sp³-hybridized carbons (Fsp3) is 0.750. The number of ether oxygens (including phenoxy) is 1. The van der Waals surface area contributed by atoms with Gasteiger partial charge < -0.3 is 4.74 Å². The first kappa shape index (κ1) is 11.6. The van der Waals surface area contributed by atoms with Crippen LogP contribution in [0.15, 0.2) is 0 Å². The summed E-state index contributed by atoms with van der Waals surface area (Å²) in [7, 11) is 1.76. The minimum absolute atomic E-state index is 0.814. The van der Waals surface area contributed by atoms with E-state index in [-0.39, 0.29) is 0 Å². The fourth-order valence-corrected chi connectivity index (χ4v) is 2.32. The van der Waals surface area contributed by atoms with Crippen LogP contribution in [0.1, 0.15) is 30.3 Å². The maximum Gasteiger partial charge on any atom is 0.0667 e. The number of hydrogen-bond acceptors (Lipinski definition) is 3. The quantitative estimate of drug-likeness (QED) is 0.838. The molecule has 0 saturated carbocycles. The molecule has 1 aliphatic rings. The van der Waals surface area contributed by atoms with Crippen molar-refractivity contribution in [3.05, 3.63) is 17.0 Å². The lowest BCUT2D eigenvalue weighted by molar-refractivity contribution is 0.145. The van der Waals surface area contributed by atoms with E-state index in [2.05, 4.69) is 22.0 Å². The summed E-state index contributed by atoms with van der Waals surface area (Å²) in [5, 5.41) is 7.58. The SMILES string of the molecule is CCc1n[nH]c2c1CN(CCOC)CCC2. The van der Waals surface area contributed by atoms with Gasteiger partial charge in [0.2, 0.25) is 0 Å². The predicted octanol–water partition coefficient (Wildman–Crippen LogP) is 1.37. The van der Waals surface area contributed by atoms with Gasteiger partial charge in [0.25, 0.3) is 0 Å². The smallest absolute Gasteiger partial charge is 0.0667 e. The lowest BCUT2D eigenvalue weighted by Crippen LogP contribution is -2.27. The van der Waals surface area contributed by atoms with E-state index >= 15 is 0 Å². The van der Waals surface area contributed by atoms with Crippen LogP contribution in [0.3, 0.4) is 0 Å². The van der Waals surface area contributed by atoms with Crippen LogP contribution < -0.4 is 0 Å². The largest absolute Gasteiger partial charge is 0.383 e. The molecule has 1 aliphatic heterocycles. The van der Waals surface area contributed by atoms with Crippen LogP contribution in [0.25, 0.3) is 0 Å². The highest BCUT2D eigenvalue weighted by Crippen LogP contribution is 2.20. The van der Waals surface area contributed by atoms with Crippen molar-refractivity contribution in [2.75, 3.05) is 26.8 Å². The van der Waals surface area contributed by atoms with Crippen LogP contribution in [0.5, 0.6) is 0 Å². The molecule has 16 heavy (non-hydrogen) atoms. The molecule has 0 saturated heterocycles. The van der Waals surface area contributed by atoms with Crippen molar-refractivity contribution in [1.29, 1.82) is 0 Å². The Morgan fingerprint density at radius 2 is 2.38 bits per heavy atom. The van der Waals surface area contributed by atoms with Gasteiger partial charge >= 0.3 is 0 Å². The average Bonchev–Trinajstić information content (AvgIpc) is 2.57. The number of H-pyrrole nitrogens is 1. The zero-order valence-corrected chi connectivity index (χ0v) is 10.3. The summed E-state index contributed by atoms with van der Waals surface area (Å²) in [5.41, 5.74) is 4.01. The van der Waals surface area contributed by atoms with E-state index in [9.17, 15) is 0 Å². The Hall–Kier alpha value is -0.870. The van der Waals surface area contributed by atoms with Gasteiger partial charge in [0.15, 0.2) is 0 Å². The molecule has 0 spiro atoms.